The second kappa shape index (κ2) is 14.0. The Morgan fingerprint density at radius 1 is 0.717 bits per heavy atom. The van der Waals surface area contributed by atoms with Gasteiger partial charge in [0.05, 0.1) is 4.88 Å². The van der Waals surface area contributed by atoms with Gasteiger partial charge in [0.2, 0.25) is 21.1 Å². The molecule has 46 heavy (non-hydrogen) atoms. The molecule has 0 aromatic carbocycles. The third-order valence-corrected chi connectivity index (χ3v) is 14.2. The van der Waals surface area contributed by atoms with E-state index in [1.807, 2.05) is 68.4 Å². The zero-order chi connectivity index (χ0) is 31.7. The Bertz CT molecular complexity index is 1980. The van der Waals surface area contributed by atoms with Crippen molar-refractivity contribution in [1.29, 1.82) is 0 Å². The summed E-state index contributed by atoms with van der Waals surface area (Å²) >= 11 is 11.3. The first-order chi connectivity index (χ1) is 22.3. The molecule has 0 unspecified atom stereocenters. The predicted octanol–water partition coefficient (Wildman–Crippen LogP) is 8.03. The van der Waals surface area contributed by atoms with Gasteiger partial charge in [-0.2, -0.15) is 0 Å². The Kier molecular flexibility index (Phi) is 9.74. The van der Waals surface area contributed by atoms with Gasteiger partial charge in [0, 0.05) is 47.2 Å². The summed E-state index contributed by atoms with van der Waals surface area (Å²) in [5, 5.41) is 8.77. The molecule has 0 radical (unpaired) electrons. The van der Waals surface area contributed by atoms with Crippen LogP contribution in [0.2, 0.25) is 0 Å². The van der Waals surface area contributed by atoms with Crippen molar-refractivity contribution < 1.29 is 28.9 Å². The van der Waals surface area contributed by atoms with Gasteiger partial charge in [0.25, 0.3) is 0 Å². The molecule has 5 aromatic rings. The van der Waals surface area contributed by atoms with E-state index in [2.05, 4.69) is 100 Å². The molecule has 0 fully saturated rings. The summed E-state index contributed by atoms with van der Waals surface area (Å²) in [6.45, 7) is 0. The number of thioether (sulfide) groups is 1. The predicted molar refractivity (Wildman–Crippen MR) is 188 cm³/mol. The third kappa shape index (κ3) is 7.18. The summed E-state index contributed by atoms with van der Waals surface area (Å²) in [6, 6.07) is 20.2. The zero-order valence-electron chi connectivity index (χ0n) is 24.1. The molecule has 0 amide bonds. The first-order valence-electron chi connectivity index (χ1n) is 14.3. The maximum Gasteiger partial charge on any atom is 0.249 e. The van der Waals surface area contributed by atoms with Crippen LogP contribution in [0.15, 0.2) is 116 Å². The van der Waals surface area contributed by atoms with Crippen LogP contribution in [-0.4, -0.2) is 0 Å². The Balaban J connectivity index is 0.000000630. The molecular weight excluding hydrogens is 712 g/mol. The fraction of sp³-hybridized carbons (Fsp3) is 0.114. The van der Waals surface area contributed by atoms with Crippen LogP contribution in [0.25, 0.3) is 36.2 Å². The van der Waals surface area contributed by atoms with Crippen molar-refractivity contribution in [2.75, 3.05) is 0 Å². The number of hydrogen-bond acceptors (Lipinski definition) is 9. The first-order valence-corrected chi connectivity index (χ1v) is 20.7. The van der Waals surface area contributed by atoms with Crippen molar-refractivity contribution >= 4 is 84.5 Å². The smallest absolute Gasteiger partial charge is 0.222 e. The van der Waals surface area contributed by atoms with Gasteiger partial charge in [0.1, 0.15) is 0 Å². The van der Waals surface area contributed by atoms with Gasteiger partial charge in [-0.25, -0.2) is 18.6 Å². The first kappa shape index (κ1) is 32.1. The van der Waals surface area contributed by atoms with Gasteiger partial charge in [-0.05, 0) is 94.3 Å². The molecule has 0 N–H and O–H groups in total. The van der Waals surface area contributed by atoms with Crippen molar-refractivity contribution in [3.8, 4) is 20.2 Å². The van der Waals surface area contributed by atoms with Crippen molar-refractivity contribution in [3.05, 3.63) is 137 Å². The van der Waals surface area contributed by atoms with E-state index in [1.165, 1.54) is 72.5 Å². The van der Waals surface area contributed by atoms with Gasteiger partial charge in [-0.15, -0.1) is 55.6 Å². The van der Waals surface area contributed by atoms with E-state index >= 15 is 0 Å². The van der Waals surface area contributed by atoms with Crippen LogP contribution < -0.4 is 18.6 Å². The average molecular weight is 737 g/mol. The molecule has 0 saturated carbocycles. The average Bonchev–Trinajstić information content (AvgIpc) is 3.89. The van der Waals surface area contributed by atoms with Crippen LogP contribution in [0.3, 0.4) is 0 Å². The number of thiophene rings is 4. The lowest BCUT2D eigenvalue weighted by Gasteiger charge is -2.19. The molecule has 232 valence electrons. The maximum atomic E-state index is 8.49. The van der Waals surface area contributed by atoms with E-state index in [0.717, 1.165) is 25.7 Å². The van der Waals surface area contributed by atoms with Crippen molar-refractivity contribution in [2.45, 2.75) is 25.7 Å². The van der Waals surface area contributed by atoms with Gasteiger partial charge in [-0.1, -0.05) is 54.3 Å². The van der Waals surface area contributed by atoms with Gasteiger partial charge in [-0.3, -0.25) is 0 Å². The molecule has 0 bridgehead atoms. The van der Waals surface area contributed by atoms with Crippen LogP contribution in [0.1, 0.15) is 39.5 Å². The van der Waals surface area contributed by atoms with E-state index in [-0.39, 0.29) is 0 Å². The standard InChI is InChI=1S/C35H25S6.ClHO4/c1(6-22-12-14-24-26(28-8-2-16-36-28)20-32(40-34(22)24)30-10-4-18-38-30)7-23-13-15-25-27(29-9-3-17-37-29)21-33(41-35(23)25)31-11-5-19-39-31;2-1(3,4)5/h1-11,16-21H,12-15H2;(H,2,3,4,5)/q+1;/p-1. The van der Waals surface area contributed by atoms with Crippen molar-refractivity contribution in [3.63, 3.8) is 0 Å². The highest BCUT2D eigenvalue weighted by molar-refractivity contribution is 8.12. The highest BCUT2D eigenvalue weighted by Gasteiger charge is 2.32. The molecule has 3 aliphatic rings. The van der Waals surface area contributed by atoms with E-state index in [4.69, 9.17) is 18.6 Å². The van der Waals surface area contributed by atoms with Crippen LogP contribution in [0, 0.1) is 10.2 Å². The molecule has 0 atom stereocenters. The maximum absolute atomic E-state index is 8.49. The molecule has 1 aliphatic heterocycles. The fourth-order valence-corrected chi connectivity index (χ4v) is 11.6. The summed E-state index contributed by atoms with van der Waals surface area (Å²) in [5.41, 5.74) is 8.86. The highest BCUT2D eigenvalue weighted by Crippen LogP contribution is 2.54. The minimum atomic E-state index is -4.94. The minimum Gasteiger partial charge on any atom is -0.222 e. The number of hydrogen-bond donors (Lipinski definition) is 0. The monoisotopic (exact) mass is 736 g/mol. The molecule has 2 aliphatic carbocycles. The van der Waals surface area contributed by atoms with E-state index < -0.39 is 10.2 Å². The lowest BCUT2D eigenvalue weighted by atomic mass is 10.0. The molecule has 11 heteroatoms. The lowest BCUT2D eigenvalue weighted by Crippen LogP contribution is -2.68. The Morgan fingerprint density at radius 3 is 2.00 bits per heavy atom. The van der Waals surface area contributed by atoms with Gasteiger partial charge < -0.3 is 0 Å². The van der Waals surface area contributed by atoms with E-state index in [1.54, 1.807) is 0 Å². The van der Waals surface area contributed by atoms with Crippen LogP contribution >= 0.6 is 68.4 Å². The summed E-state index contributed by atoms with van der Waals surface area (Å²) in [7, 11) is -4.94. The minimum absolute atomic E-state index is 1.11. The van der Waals surface area contributed by atoms with Crippen molar-refractivity contribution in [2.24, 2.45) is 0 Å². The van der Waals surface area contributed by atoms with E-state index in [9.17, 15) is 0 Å². The quantitative estimate of drug-likeness (QED) is 0.165. The Morgan fingerprint density at radius 2 is 1.35 bits per heavy atom. The number of rotatable bonds is 6. The normalized spacial score (nSPS) is 17.0. The number of fused-ring (bicyclic) bond motifs is 2. The topological polar surface area (TPSA) is 92.2 Å². The van der Waals surface area contributed by atoms with Crippen LogP contribution in [0.4, 0.5) is 0 Å². The molecule has 5 aromatic heterocycles. The highest BCUT2D eigenvalue weighted by atomic mass is 35.7. The second-order valence-electron chi connectivity index (χ2n) is 10.5. The summed E-state index contributed by atoms with van der Waals surface area (Å²) in [5.74, 6) is 0. The number of halogens is 1. The number of allylic oxidation sites excluding steroid dienone is 8. The SMILES string of the molecule is C1=C(c2cccs2)SC2=C(/C=C/C=C3\CCc4c(-c5cccs5)cc(-c5cccs5)[s+]c43)CCC2=C1c1cccs1.[O-][Cl+3]([O-])([O-])[O-]. The largest absolute Gasteiger partial charge is 0.249 e. The molecule has 0 saturated heterocycles. The molecular formula is C35H25ClO4S6. The molecule has 6 heterocycles. The van der Waals surface area contributed by atoms with Crippen LogP contribution in [0.5, 0.6) is 0 Å². The third-order valence-electron chi connectivity index (χ3n) is 7.74. The summed E-state index contributed by atoms with van der Waals surface area (Å²) in [4.78, 5) is 11.2. The lowest BCUT2D eigenvalue weighted by molar-refractivity contribution is -2.00. The summed E-state index contributed by atoms with van der Waals surface area (Å²) < 4.78 is 34.0. The zero-order valence-corrected chi connectivity index (χ0v) is 29.8. The fourth-order valence-electron chi connectivity index (χ4n) is 5.83. The Labute approximate surface area is 293 Å². The van der Waals surface area contributed by atoms with Crippen LogP contribution in [-0.2, 0) is 6.42 Å². The van der Waals surface area contributed by atoms with Crippen molar-refractivity contribution in [1.82, 2.24) is 0 Å². The van der Waals surface area contributed by atoms with Gasteiger partial charge in [0.15, 0.2) is 0 Å². The molecule has 4 nitrogen and oxygen atoms in total. The summed E-state index contributed by atoms with van der Waals surface area (Å²) in [6.07, 6.45) is 14.0. The molecule has 0 spiro atoms. The molecule has 8 rings (SSSR count). The van der Waals surface area contributed by atoms with E-state index in [0.29, 0.717) is 0 Å². The van der Waals surface area contributed by atoms with Gasteiger partial charge >= 0.3 is 0 Å². The second-order valence-corrected chi connectivity index (χ2v) is 17.2. The Hall–Kier alpha value is -2.45.